The fourth-order valence-corrected chi connectivity index (χ4v) is 2.76. The van der Waals surface area contributed by atoms with E-state index in [2.05, 4.69) is 43.4 Å². The Morgan fingerprint density at radius 3 is 2.73 bits per heavy atom. The predicted molar refractivity (Wildman–Crippen MR) is 66.2 cm³/mol. The van der Waals surface area contributed by atoms with Gasteiger partial charge in [-0.05, 0) is 29.9 Å². The van der Waals surface area contributed by atoms with Gasteiger partial charge in [0.2, 0.25) is 0 Å². The van der Waals surface area contributed by atoms with Crippen LogP contribution in [0.3, 0.4) is 0 Å². The Labute approximate surface area is 92.9 Å². The van der Waals surface area contributed by atoms with E-state index in [0.29, 0.717) is 0 Å². The highest BCUT2D eigenvalue weighted by atomic mass is 14.9. The Kier molecular flexibility index (Phi) is 3.30. The van der Waals surface area contributed by atoms with Gasteiger partial charge in [0.15, 0.2) is 0 Å². The molecule has 0 saturated carbocycles. The van der Waals surface area contributed by atoms with Crippen molar-refractivity contribution >= 4 is 5.69 Å². The zero-order chi connectivity index (χ0) is 10.7. The molecular formula is C14H21N. The Balaban J connectivity index is 2.11. The first-order valence-corrected chi connectivity index (χ1v) is 6.16. The summed E-state index contributed by atoms with van der Waals surface area (Å²) in [6.45, 7) is 5.78. The van der Waals surface area contributed by atoms with E-state index in [1.165, 1.54) is 30.5 Å². The van der Waals surface area contributed by atoms with Gasteiger partial charge in [-0.25, -0.2) is 0 Å². The van der Waals surface area contributed by atoms with Crippen molar-refractivity contribution in [2.75, 3.05) is 11.9 Å². The van der Waals surface area contributed by atoms with Crippen LogP contribution in [0.4, 0.5) is 5.69 Å². The van der Waals surface area contributed by atoms with Gasteiger partial charge in [0, 0.05) is 12.2 Å². The smallest absolute Gasteiger partial charge is 0.0372 e. The van der Waals surface area contributed by atoms with Crippen LogP contribution in [0, 0.1) is 11.8 Å². The molecule has 0 saturated heterocycles. The largest absolute Gasteiger partial charge is 0.385 e. The van der Waals surface area contributed by atoms with Crippen molar-refractivity contribution in [3.8, 4) is 0 Å². The maximum atomic E-state index is 3.56. The zero-order valence-electron chi connectivity index (χ0n) is 9.79. The summed E-state index contributed by atoms with van der Waals surface area (Å²) in [6, 6.07) is 8.72. The summed E-state index contributed by atoms with van der Waals surface area (Å²) in [6.07, 6.45) is 3.88. The third kappa shape index (κ3) is 2.17. The molecule has 0 amide bonds. The second kappa shape index (κ2) is 4.69. The van der Waals surface area contributed by atoms with Crippen LogP contribution in [0.2, 0.25) is 0 Å². The highest BCUT2D eigenvalue weighted by Crippen LogP contribution is 2.30. The molecule has 1 nitrogen and oxygen atoms in total. The van der Waals surface area contributed by atoms with E-state index >= 15 is 0 Å². The maximum absolute atomic E-state index is 3.56. The molecule has 82 valence electrons. The standard InChI is InChI=1S/C14H21N/c1-3-11(4-2)13-9-12-7-5-6-8-14(12)15-10-13/h5-8,11,13,15H,3-4,9-10H2,1-2H3. The van der Waals surface area contributed by atoms with Crippen LogP contribution >= 0.6 is 0 Å². The van der Waals surface area contributed by atoms with Crippen molar-refractivity contribution in [3.63, 3.8) is 0 Å². The molecule has 0 fully saturated rings. The molecule has 15 heavy (non-hydrogen) atoms. The first kappa shape index (κ1) is 10.5. The van der Waals surface area contributed by atoms with Crippen molar-refractivity contribution in [2.45, 2.75) is 33.1 Å². The van der Waals surface area contributed by atoms with Crippen LogP contribution in [0.25, 0.3) is 0 Å². The van der Waals surface area contributed by atoms with E-state index in [1.54, 1.807) is 0 Å². The van der Waals surface area contributed by atoms with Crippen molar-refractivity contribution in [2.24, 2.45) is 11.8 Å². The van der Waals surface area contributed by atoms with Gasteiger partial charge in [0.1, 0.15) is 0 Å². The molecule has 1 unspecified atom stereocenters. The molecule has 0 spiro atoms. The van der Waals surface area contributed by atoms with Crippen molar-refractivity contribution in [3.05, 3.63) is 29.8 Å². The Morgan fingerprint density at radius 1 is 1.27 bits per heavy atom. The highest BCUT2D eigenvalue weighted by Gasteiger charge is 2.23. The lowest BCUT2D eigenvalue weighted by molar-refractivity contribution is 0.319. The molecule has 1 heteroatoms. The summed E-state index contributed by atoms with van der Waals surface area (Å²) in [7, 11) is 0. The first-order chi connectivity index (χ1) is 7.35. The molecule has 1 heterocycles. The minimum Gasteiger partial charge on any atom is -0.385 e. The third-order valence-electron chi connectivity index (χ3n) is 3.77. The van der Waals surface area contributed by atoms with E-state index < -0.39 is 0 Å². The summed E-state index contributed by atoms with van der Waals surface area (Å²) >= 11 is 0. The molecular weight excluding hydrogens is 182 g/mol. The lowest BCUT2D eigenvalue weighted by Crippen LogP contribution is -2.28. The quantitative estimate of drug-likeness (QED) is 0.789. The minimum atomic E-state index is 0.829. The van der Waals surface area contributed by atoms with Crippen LogP contribution < -0.4 is 5.32 Å². The van der Waals surface area contributed by atoms with Gasteiger partial charge < -0.3 is 5.32 Å². The van der Waals surface area contributed by atoms with E-state index in [0.717, 1.165) is 18.4 Å². The summed E-state index contributed by atoms with van der Waals surface area (Å²) in [5, 5.41) is 3.56. The monoisotopic (exact) mass is 203 g/mol. The van der Waals surface area contributed by atoms with Crippen LogP contribution in [0.5, 0.6) is 0 Å². The molecule has 0 aromatic heterocycles. The number of benzene rings is 1. The van der Waals surface area contributed by atoms with E-state index in [9.17, 15) is 0 Å². The van der Waals surface area contributed by atoms with Crippen molar-refractivity contribution in [1.29, 1.82) is 0 Å². The lowest BCUT2D eigenvalue weighted by Gasteiger charge is -2.31. The SMILES string of the molecule is CCC(CC)C1CNc2ccccc2C1. The summed E-state index contributed by atoms with van der Waals surface area (Å²) in [5.74, 6) is 1.71. The minimum absolute atomic E-state index is 0.829. The number of rotatable bonds is 3. The van der Waals surface area contributed by atoms with Gasteiger partial charge in [-0.1, -0.05) is 44.9 Å². The van der Waals surface area contributed by atoms with Crippen LogP contribution in [-0.4, -0.2) is 6.54 Å². The van der Waals surface area contributed by atoms with Gasteiger partial charge in [0.05, 0.1) is 0 Å². The molecule has 0 aliphatic carbocycles. The number of nitrogens with one attached hydrogen (secondary N) is 1. The molecule has 1 aromatic carbocycles. The van der Waals surface area contributed by atoms with Gasteiger partial charge in [0.25, 0.3) is 0 Å². The molecule has 0 radical (unpaired) electrons. The second-order valence-corrected chi connectivity index (χ2v) is 4.58. The van der Waals surface area contributed by atoms with Gasteiger partial charge in [-0.2, -0.15) is 0 Å². The summed E-state index contributed by atoms with van der Waals surface area (Å²) in [5.41, 5.74) is 2.85. The molecule has 2 rings (SSSR count). The Hall–Kier alpha value is -0.980. The Morgan fingerprint density at radius 2 is 2.00 bits per heavy atom. The summed E-state index contributed by atoms with van der Waals surface area (Å²) < 4.78 is 0. The first-order valence-electron chi connectivity index (χ1n) is 6.16. The molecule has 0 bridgehead atoms. The summed E-state index contributed by atoms with van der Waals surface area (Å²) in [4.78, 5) is 0. The number of hydrogen-bond acceptors (Lipinski definition) is 1. The predicted octanol–water partition coefficient (Wildman–Crippen LogP) is 3.71. The van der Waals surface area contributed by atoms with E-state index in [-0.39, 0.29) is 0 Å². The molecule has 1 N–H and O–H groups in total. The average molecular weight is 203 g/mol. The molecule has 1 aromatic rings. The number of fused-ring (bicyclic) bond motifs is 1. The maximum Gasteiger partial charge on any atom is 0.0372 e. The van der Waals surface area contributed by atoms with E-state index in [4.69, 9.17) is 0 Å². The van der Waals surface area contributed by atoms with Crippen LogP contribution in [0.1, 0.15) is 32.3 Å². The van der Waals surface area contributed by atoms with Gasteiger partial charge >= 0.3 is 0 Å². The lowest BCUT2D eigenvalue weighted by atomic mass is 9.81. The van der Waals surface area contributed by atoms with Crippen LogP contribution in [-0.2, 0) is 6.42 Å². The van der Waals surface area contributed by atoms with Crippen molar-refractivity contribution in [1.82, 2.24) is 0 Å². The highest BCUT2D eigenvalue weighted by molar-refractivity contribution is 5.53. The molecule has 1 aliphatic rings. The Bertz CT molecular complexity index is 315. The second-order valence-electron chi connectivity index (χ2n) is 4.58. The van der Waals surface area contributed by atoms with Crippen LogP contribution in [0.15, 0.2) is 24.3 Å². The number of anilines is 1. The number of para-hydroxylation sites is 1. The van der Waals surface area contributed by atoms with Gasteiger partial charge in [-0.3, -0.25) is 0 Å². The number of hydrogen-bond donors (Lipinski definition) is 1. The topological polar surface area (TPSA) is 12.0 Å². The fraction of sp³-hybridized carbons (Fsp3) is 0.571. The van der Waals surface area contributed by atoms with Crippen molar-refractivity contribution < 1.29 is 0 Å². The average Bonchev–Trinajstić information content (AvgIpc) is 2.30. The third-order valence-corrected chi connectivity index (χ3v) is 3.77. The normalized spacial score (nSPS) is 19.8. The fourth-order valence-electron chi connectivity index (χ4n) is 2.76. The van der Waals surface area contributed by atoms with Gasteiger partial charge in [-0.15, -0.1) is 0 Å². The molecule has 1 aliphatic heterocycles. The zero-order valence-corrected chi connectivity index (χ0v) is 9.79. The molecule has 1 atom stereocenters. The van der Waals surface area contributed by atoms with E-state index in [1.807, 2.05) is 0 Å².